The highest BCUT2D eigenvalue weighted by Crippen LogP contribution is 2.11. The van der Waals surface area contributed by atoms with Gasteiger partial charge in [-0.15, -0.1) is 5.10 Å². The van der Waals surface area contributed by atoms with Crippen LogP contribution in [0.3, 0.4) is 0 Å². The van der Waals surface area contributed by atoms with E-state index in [9.17, 15) is 9.18 Å². The van der Waals surface area contributed by atoms with Gasteiger partial charge in [0.25, 0.3) is 5.91 Å². The van der Waals surface area contributed by atoms with Crippen LogP contribution in [0, 0.1) is 12.7 Å². The first-order valence-electron chi connectivity index (χ1n) is 6.00. The largest absolute Gasteiger partial charge is 0.319 e. The van der Waals surface area contributed by atoms with E-state index < -0.39 is 11.7 Å². The summed E-state index contributed by atoms with van der Waals surface area (Å²) < 4.78 is 14.4. The summed E-state index contributed by atoms with van der Waals surface area (Å²) in [5, 5.41) is 12.9. The second kappa shape index (κ2) is 5.12. The van der Waals surface area contributed by atoms with Crippen molar-refractivity contribution < 1.29 is 9.18 Å². The fourth-order valence-electron chi connectivity index (χ4n) is 1.74. The summed E-state index contributed by atoms with van der Waals surface area (Å²) in [7, 11) is 0. The van der Waals surface area contributed by atoms with E-state index in [0.717, 1.165) is 0 Å². The first kappa shape index (κ1) is 12.9. The van der Waals surface area contributed by atoms with E-state index in [0.29, 0.717) is 17.5 Å². The average molecular weight is 287 g/mol. The molecule has 1 aromatic carbocycles. The predicted octanol–water partition coefficient (Wildman–Crippen LogP) is 1.09. The van der Waals surface area contributed by atoms with E-state index in [1.807, 2.05) is 0 Å². The number of anilines is 1. The number of halogens is 1. The van der Waals surface area contributed by atoms with Crippen LogP contribution in [-0.2, 0) is 0 Å². The minimum absolute atomic E-state index is 0.0480. The zero-order valence-corrected chi connectivity index (χ0v) is 10.9. The molecular formula is C12H10FN7O. The number of hydrogen-bond acceptors (Lipinski definition) is 5. The van der Waals surface area contributed by atoms with Crippen molar-refractivity contribution in [2.75, 3.05) is 5.32 Å². The molecule has 0 radical (unpaired) electrons. The third kappa shape index (κ3) is 2.61. The molecule has 9 heteroatoms. The van der Waals surface area contributed by atoms with Crippen molar-refractivity contribution in [1.29, 1.82) is 0 Å². The van der Waals surface area contributed by atoms with Crippen molar-refractivity contribution in [3.8, 4) is 5.95 Å². The monoisotopic (exact) mass is 287 g/mol. The second-order valence-electron chi connectivity index (χ2n) is 4.17. The highest BCUT2D eigenvalue weighted by atomic mass is 19.1. The van der Waals surface area contributed by atoms with Crippen LogP contribution >= 0.6 is 0 Å². The summed E-state index contributed by atoms with van der Waals surface area (Å²) in [6.45, 7) is 1.68. The second-order valence-corrected chi connectivity index (χ2v) is 4.17. The SMILES string of the molecule is Cc1nc(C(=O)Nc2cccc(F)c2)nn1-c1ncn[nH]1. The van der Waals surface area contributed by atoms with Gasteiger partial charge >= 0.3 is 0 Å². The number of H-pyrrole nitrogens is 1. The Bertz CT molecular complexity index is 781. The van der Waals surface area contributed by atoms with Gasteiger partial charge in [0.1, 0.15) is 18.0 Å². The Kier molecular flexibility index (Phi) is 3.14. The number of nitrogens with zero attached hydrogens (tertiary/aromatic N) is 5. The number of nitrogens with one attached hydrogen (secondary N) is 2. The molecule has 2 heterocycles. The summed E-state index contributed by atoms with van der Waals surface area (Å²) in [5.74, 6) is -0.208. The van der Waals surface area contributed by atoms with E-state index in [2.05, 4.69) is 30.6 Å². The molecule has 3 rings (SSSR count). The van der Waals surface area contributed by atoms with Gasteiger partial charge < -0.3 is 5.32 Å². The molecule has 0 spiro atoms. The van der Waals surface area contributed by atoms with E-state index in [1.54, 1.807) is 13.0 Å². The number of benzene rings is 1. The number of carbonyl (C=O) groups excluding carboxylic acids is 1. The zero-order valence-electron chi connectivity index (χ0n) is 10.9. The Morgan fingerprint density at radius 2 is 2.29 bits per heavy atom. The lowest BCUT2D eigenvalue weighted by Crippen LogP contribution is -2.14. The molecule has 3 aromatic rings. The van der Waals surface area contributed by atoms with Gasteiger partial charge in [0.15, 0.2) is 0 Å². The number of amides is 1. The fraction of sp³-hybridized carbons (Fsp3) is 0.0833. The fourth-order valence-corrected chi connectivity index (χ4v) is 1.74. The maximum absolute atomic E-state index is 13.1. The molecule has 21 heavy (non-hydrogen) atoms. The number of aromatic nitrogens is 6. The van der Waals surface area contributed by atoms with Crippen molar-refractivity contribution in [3.05, 3.63) is 48.1 Å². The maximum atomic E-state index is 13.1. The molecule has 0 saturated carbocycles. The Morgan fingerprint density at radius 1 is 1.43 bits per heavy atom. The van der Waals surface area contributed by atoms with Crippen molar-refractivity contribution in [2.24, 2.45) is 0 Å². The molecule has 106 valence electrons. The number of aryl methyl sites for hydroxylation is 1. The average Bonchev–Trinajstić information content (AvgIpc) is 3.07. The van der Waals surface area contributed by atoms with Crippen LogP contribution in [0.15, 0.2) is 30.6 Å². The molecule has 0 aliphatic heterocycles. The van der Waals surface area contributed by atoms with Gasteiger partial charge in [-0.05, 0) is 25.1 Å². The van der Waals surface area contributed by atoms with Gasteiger partial charge in [0.2, 0.25) is 11.8 Å². The molecule has 0 bridgehead atoms. The van der Waals surface area contributed by atoms with Crippen molar-refractivity contribution in [3.63, 3.8) is 0 Å². The van der Waals surface area contributed by atoms with E-state index in [4.69, 9.17) is 0 Å². The third-order valence-electron chi connectivity index (χ3n) is 2.66. The Labute approximate surface area is 118 Å². The van der Waals surface area contributed by atoms with Crippen LogP contribution in [0.1, 0.15) is 16.4 Å². The number of carbonyl (C=O) groups is 1. The molecule has 0 unspecified atom stereocenters. The smallest absolute Gasteiger partial charge is 0.295 e. The molecule has 0 saturated heterocycles. The normalized spacial score (nSPS) is 10.6. The van der Waals surface area contributed by atoms with E-state index >= 15 is 0 Å². The molecule has 8 nitrogen and oxygen atoms in total. The van der Waals surface area contributed by atoms with Crippen LogP contribution in [0.25, 0.3) is 5.95 Å². The topological polar surface area (TPSA) is 101 Å². The van der Waals surface area contributed by atoms with Crippen LogP contribution < -0.4 is 5.32 Å². The molecular weight excluding hydrogens is 277 g/mol. The van der Waals surface area contributed by atoms with Gasteiger partial charge in [0, 0.05) is 5.69 Å². The summed E-state index contributed by atoms with van der Waals surface area (Å²) >= 11 is 0. The van der Waals surface area contributed by atoms with Crippen LogP contribution in [0.2, 0.25) is 0 Å². The predicted molar refractivity (Wildman–Crippen MR) is 70.4 cm³/mol. The Hall–Kier alpha value is -3.10. The molecule has 0 aliphatic carbocycles. The molecule has 0 atom stereocenters. The summed E-state index contributed by atoms with van der Waals surface area (Å²) in [6, 6.07) is 5.56. The summed E-state index contributed by atoms with van der Waals surface area (Å²) in [6.07, 6.45) is 1.32. The summed E-state index contributed by atoms with van der Waals surface area (Å²) in [4.78, 5) is 20.0. The van der Waals surface area contributed by atoms with Gasteiger partial charge in [-0.3, -0.25) is 4.79 Å². The number of aromatic amines is 1. The highest BCUT2D eigenvalue weighted by Gasteiger charge is 2.16. The maximum Gasteiger partial charge on any atom is 0.295 e. The lowest BCUT2D eigenvalue weighted by Gasteiger charge is -2.01. The van der Waals surface area contributed by atoms with Crippen LogP contribution in [0.5, 0.6) is 0 Å². The van der Waals surface area contributed by atoms with E-state index in [1.165, 1.54) is 29.2 Å². The molecule has 2 aromatic heterocycles. The molecule has 0 aliphatic rings. The van der Waals surface area contributed by atoms with Crippen molar-refractivity contribution >= 4 is 11.6 Å². The lowest BCUT2D eigenvalue weighted by molar-refractivity contribution is 0.101. The third-order valence-corrected chi connectivity index (χ3v) is 2.66. The van der Waals surface area contributed by atoms with Gasteiger partial charge in [-0.1, -0.05) is 6.07 Å². The Balaban J connectivity index is 1.84. The first-order valence-corrected chi connectivity index (χ1v) is 6.00. The molecule has 1 amide bonds. The number of rotatable bonds is 3. The highest BCUT2D eigenvalue weighted by molar-refractivity contribution is 6.01. The summed E-state index contributed by atoms with van der Waals surface area (Å²) in [5.41, 5.74) is 0.327. The molecule has 0 fully saturated rings. The van der Waals surface area contributed by atoms with Crippen molar-refractivity contribution in [2.45, 2.75) is 6.92 Å². The minimum atomic E-state index is -0.540. The van der Waals surface area contributed by atoms with Gasteiger partial charge in [-0.2, -0.15) is 14.8 Å². The first-order chi connectivity index (χ1) is 10.1. The van der Waals surface area contributed by atoms with Crippen LogP contribution in [0.4, 0.5) is 10.1 Å². The van der Waals surface area contributed by atoms with E-state index in [-0.39, 0.29) is 5.82 Å². The Morgan fingerprint density at radius 3 is 3.00 bits per heavy atom. The lowest BCUT2D eigenvalue weighted by atomic mass is 10.3. The molecule has 2 N–H and O–H groups in total. The minimum Gasteiger partial charge on any atom is -0.319 e. The quantitative estimate of drug-likeness (QED) is 0.750. The van der Waals surface area contributed by atoms with Crippen molar-refractivity contribution in [1.82, 2.24) is 29.9 Å². The number of hydrogen-bond donors (Lipinski definition) is 2. The van der Waals surface area contributed by atoms with Crippen LogP contribution in [-0.4, -0.2) is 35.9 Å². The van der Waals surface area contributed by atoms with Gasteiger partial charge in [-0.25, -0.2) is 14.5 Å². The van der Waals surface area contributed by atoms with Gasteiger partial charge in [0.05, 0.1) is 0 Å². The standard InChI is InChI=1S/C12H10FN7O/c1-7-16-10(19-20(7)12-14-6-15-18-12)11(21)17-9-4-2-3-8(13)5-9/h2-6H,1H3,(H,17,21)(H,14,15,18). The zero-order chi connectivity index (χ0) is 14.8.